The maximum absolute atomic E-state index is 12.7. The maximum Gasteiger partial charge on any atom is 0.257 e. The van der Waals surface area contributed by atoms with Crippen molar-refractivity contribution < 1.29 is 14.4 Å². The smallest absolute Gasteiger partial charge is 0.257 e. The van der Waals surface area contributed by atoms with Crippen LogP contribution in [0.5, 0.6) is 0 Å². The number of piperazine rings is 1. The zero-order valence-corrected chi connectivity index (χ0v) is 13.8. The Morgan fingerprint density at radius 1 is 1.29 bits per heavy atom. The lowest BCUT2D eigenvalue weighted by atomic mass is 10.1. The van der Waals surface area contributed by atoms with Gasteiger partial charge in [0.2, 0.25) is 0 Å². The van der Waals surface area contributed by atoms with Gasteiger partial charge in [-0.2, -0.15) is 0 Å². The van der Waals surface area contributed by atoms with Crippen LogP contribution < -0.4 is 0 Å². The van der Waals surface area contributed by atoms with E-state index in [1.54, 1.807) is 6.20 Å². The molecule has 1 aliphatic heterocycles. The molecule has 0 unspecified atom stereocenters. The molecule has 0 radical (unpaired) electrons. The van der Waals surface area contributed by atoms with Crippen molar-refractivity contribution in [3.8, 4) is 0 Å². The summed E-state index contributed by atoms with van der Waals surface area (Å²) in [6, 6.07) is 2.07. The third kappa shape index (κ3) is 2.67. The minimum Gasteiger partial charge on any atom is -0.391 e. The van der Waals surface area contributed by atoms with E-state index >= 15 is 0 Å². The van der Waals surface area contributed by atoms with Crippen LogP contribution in [0.25, 0.3) is 11.1 Å². The Balaban J connectivity index is 1.44. The Hall–Kier alpha value is -1.99. The number of aliphatic hydroxyl groups is 1. The lowest BCUT2D eigenvalue weighted by Gasteiger charge is -2.39. The van der Waals surface area contributed by atoms with Gasteiger partial charge in [-0.05, 0) is 32.3 Å². The Bertz CT molecular complexity index is 751. The minimum atomic E-state index is -0.213. The monoisotopic (exact) mass is 330 g/mol. The number of amides is 1. The van der Waals surface area contributed by atoms with E-state index < -0.39 is 0 Å². The van der Waals surface area contributed by atoms with Gasteiger partial charge >= 0.3 is 0 Å². The summed E-state index contributed by atoms with van der Waals surface area (Å²) in [6.07, 6.45) is 4.39. The molecule has 24 heavy (non-hydrogen) atoms. The summed E-state index contributed by atoms with van der Waals surface area (Å²) < 4.78 is 5.09. The molecule has 2 aromatic heterocycles. The first-order valence-electron chi connectivity index (χ1n) is 8.57. The van der Waals surface area contributed by atoms with E-state index in [0.29, 0.717) is 24.4 Å². The van der Waals surface area contributed by atoms with Crippen molar-refractivity contribution in [1.29, 1.82) is 0 Å². The van der Waals surface area contributed by atoms with E-state index in [-0.39, 0.29) is 18.1 Å². The number of pyridine rings is 1. The van der Waals surface area contributed by atoms with Crippen molar-refractivity contribution in [2.45, 2.75) is 38.3 Å². The molecule has 2 aliphatic rings. The molecule has 1 aliphatic carbocycles. The van der Waals surface area contributed by atoms with Gasteiger partial charge in [-0.1, -0.05) is 5.16 Å². The topological polar surface area (TPSA) is 82.7 Å². The van der Waals surface area contributed by atoms with Crippen molar-refractivity contribution >= 4 is 17.0 Å². The Labute approximate surface area is 140 Å². The largest absolute Gasteiger partial charge is 0.391 e. The van der Waals surface area contributed by atoms with E-state index in [1.165, 1.54) is 0 Å². The van der Waals surface area contributed by atoms with Crippen LogP contribution >= 0.6 is 0 Å². The first-order valence-corrected chi connectivity index (χ1v) is 8.57. The Morgan fingerprint density at radius 2 is 2.08 bits per heavy atom. The van der Waals surface area contributed by atoms with Crippen LogP contribution in [0.2, 0.25) is 0 Å². The summed E-state index contributed by atoms with van der Waals surface area (Å²) in [4.78, 5) is 21.1. The number of hydrogen-bond acceptors (Lipinski definition) is 6. The maximum atomic E-state index is 12.7. The fraction of sp³-hybridized carbons (Fsp3) is 0.588. The van der Waals surface area contributed by atoms with Crippen molar-refractivity contribution in [2.75, 3.05) is 26.2 Å². The van der Waals surface area contributed by atoms with Gasteiger partial charge in [-0.3, -0.25) is 9.69 Å². The molecular weight excluding hydrogens is 308 g/mol. The molecular formula is C17H22N4O3. The van der Waals surface area contributed by atoms with Gasteiger partial charge in [0, 0.05) is 38.4 Å². The normalized spacial score (nSPS) is 25.5. The molecule has 0 aromatic carbocycles. The lowest BCUT2D eigenvalue weighted by molar-refractivity contribution is 0.0315. The first-order chi connectivity index (χ1) is 11.6. The molecule has 7 nitrogen and oxygen atoms in total. The molecule has 0 bridgehead atoms. The highest BCUT2D eigenvalue weighted by Crippen LogP contribution is 2.25. The van der Waals surface area contributed by atoms with Crippen LogP contribution in [0.15, 0.2) is 16.8 Å². The Kier molecular flexibility index (Phi) is 3.97. The quantitative estimate of drug-likeness (QED) is 0.891. The molecule has 2 atom stereocenters. The number of rotatable bonds is 2. The number of nitrogens with zero attached hydrogens (tertiary/aromatic N) is 4. The van der Waals surface area contributed by atoms with Gasteiger partial charge in [-0.15, -0.1) is 0 Å². The van der Waals surface area contributed by atoms with Gasteiger partial charge in [0.1, 0.15) is 0 Å². The number of carbonyl (C=O) groups is 1. The highest BCUT2D eigenvalue weighted by atomic mass is 16.5. The van der Waals surface area contributed by atoms with Crippen molar-refractivity contribution in [2.24, 2.45) is 0 Å². The lowest BCUT2D eigenvalue weighted by Crippen LogP contribution is -2.53. The fourth-order valence-corrected chi connectivity index (χ4v) is 3.85. The molecule has 1 saturated carbocycles. The average molecular weight is 330 g/mol. The number of aryl methyl sites for hydroxylation is 1. The average Bonchev–Trinajstić information content (AvgIpc) is 3.20. The molecule has 2 fully saturated rings. The van der Waals surface area contributed by atoms with E-state index in [0.717, 1.165) is 43.4 Å². The second-order valence-corrected chi connectivity index (χ2v) is 6.74. The van der Waals surface area contributed by atoms with Gasteiger partial charge in [0.15, 0.2) is 0 Å². The molecule has 4 rings (SSSR count). The summed E-state index contributed by atoms with van der Waals surface area (Å²) in [7, 11) is 0. The van der Waals surface area contributed by atoms with E-state index in [4.69, 9.17) is 4.52 Å². The summed E-state index contributed by atoms with van der Waals surface area (Å²) in [5.41, 5.74) is 1.78. The minimum absolute atomic E-state index is 0.00313. The molecule has 1 N–H and O–H groups in total. The molecule has 128 valence electrons. The zero-order valence-electron chi connectivity index (χ0n) is 13.8. The fourth-order valence-electron chi connectivity index (χ4n) is 3.85. The van der Waals surface area contributed by atoms with E-state index in [1.807, 2.05) is 17.9 Å². The van der Waals surface area contributed by atoms with Gasteiger partial charge in [-0.25, -0.2) is 4.98 Å². The highest BCUT2D eigenvalue weighted by molar-refractivity contribution is 5.97. The number of carbonyl (C=O) groups excluding carboxylic acids is 1. The second-order valence-electron chi connectivity index (χ2n) is 6.74. The number of fused-ring (bicyclic) bond motifs is 1. The van der Waals surface area contributed by atoms with Gasteiger partial charge in [0.05, 0.1) is 22.7 Å². The number of aliphatic hydroxyl groups excluding tert-OH is 1. The van der Waals surface area contributed by atoms with Crippen molar-refractivity contribution in [3.63, 3.8) is 0 Å². The SMILES string of the molecule is Cc1noc2ncc(C(=O)N3CCN([C@H]4CCC[C@H]4O)CC3)cc12. The second kappa shape index (κ2) is 6.14. The highest BCUT2D eigenvalue weighted by Gasteiger charge is 2.33. The van der Waals surface area contributed by atoms with Crippen molar-refractivity contribution in [3.05, 3.63) is 23.5 Å². The number of aromatic nitrogens is 2. The van der Waals surface area contributed by atoms with Crippen LogP contribution in [0.1, 0.15) is 35.3 Å². The molecule has 1 saturated heterocycles. The molecule has 2 aromatic rings. The summed E-state index contributed by atoms with van der Waals surface area (Å²) in [5, 5.41) is 14.7. The van der Waals surface area contributed by atoms with Crippen LogP contribution in [0.3, 0.4) is 0 Å². The third-order valence-corrected chi connectivity index (χ3v) is 5.27. The van der Waals surface area contributed by atoms with Crippen LogP contribution in [0.4, 0.5) is 0 Å². The van der Waals surface area contributed by atoms with Gasteiger partial charge in [0.25, 0.3) is 11.6 Å². The molecule has 0 spiro atoms. The first kappa shape index (κ1) is 15.5. The van der Waals surface area contributed by atoms with Crippen LogP contribution in [-0.2, 0) is 0 Å². The molecule has 7 heteroatoms. The molecule has 1 amide bonds. The Morgan fingerprint density at radius 3 is 2.79 bits per heavy atom. The molecule has 3 heterocycles. The number of hydrogen-bond donors (Lipinski definition) is 1. The zero-order chi connectivity index (χ0) is 16.7. The predicted octanol–water partition coefficient (Wildman–Crippen LogP) is 1.20. The van der Waals surface area contributed by atoms with Crippen LogP contribution in [0, 0.1) is 6.92 Å². The van der Waals surface area contributed by atoms with Crippen LogP contribution in [-0.4, -0.2) is 69.3 Å². The summed E-state index contributed by atoms with van der Waals surface area (Å²) in [5.74, 6) is -0.00313. The predicted molar refractivity (Wildman–Crippen MR) is 87.7 cm³/mol. The summed E-state index contributed by atoms with van der Waals surface area (Å²) >= 11 is 0. The standard InChI is InChI=1S/C17H22N4O3/c1-11-13-9-12(10-18-16(13)24-19-11)17(23)21-7-5-20(6-8-21)14-3-2-4-15(14)22/h9-10,14-15,22H,2-8H2,1H3/t14-,15+/m0/s1. The third-order valence-electron chi connectivity index (χ3n) is 5.27. The van der Waals surface area contributed by atoms with E-state index in [2.05, 4.69) is 15.0 Å². The van der Waals surface area contributed by atoms with Crippen molar-refractivity contribution in [1.82, 2.24) is 19.9 Å². The van der Waals surface area contributed by atoms with E-state index in [9.17, 15) is 9.90 Å². The van der Waals surface area contributed by atoms with Gasteiger partial charge < -0.3 is 14.5 Å². The summed E-state index contributed by atoms with van der Waals surface area (Å²) in [6.45, 7) is 4.84.